The molecule has 0 heterocycles. The lowest BCUT2D eigenvalue weighted by Crippen LogP contribution is -2.24. The highest BCUT2D eigenvalue weighted by molar-refractivity contribution is 5.89. The van der Waals surface area contributed by atoms with Gasteiger partial charge < -0.3 is 20.0 Å². The van der Waals surface area contributed by atoms with Crippen molar-refractivity contribution in [2.75, 3.05) is 22.9 Å². The number of hydrogen-bond donors (Lipinski definition) is 2. The lowest BCUT2D eigenvalue weighted by Gasteiger charge is -2.25. The van der Waals surface area contributed by atoms with Crippen LogP contribution in [-0.4, -0.2) is 35.2 Å². The van der Waals surface area contributed by atoms with Crippen LogP contribution >= 0.6 is 0 Å². The summed E-state index contributed by atoms with van der Waals surface area (Å²) < 4.78 is 27.9. The minimum atomic E-state index is -1.25. The summed E-state index contributed by atoms with van der Waals surface area (Å²) in [5.41, 5.74) is 9.63. The van der Waals surface area contributed by atoms with Crippen LogP contribution in [-0.2, 0) is 25.9 Å². The number of carbonyl (C=O) groups is 2. The number of anilines is 2. The van der Waals surface area contributed by atoms with E-state index in [0.717, 1.165) is 122 Å². The van der Waals surface area contributed by atoms with Gasteiger partial charge in [0.25, 0.3) is 0 Å². The van der Waals surface area contributed by atoms with Gasteiger partial charge in [-0.3, -0.25) is 0 Å². The van der Waals surface area contributed by atoms with Gasteiger partial charge in [-0.1, -0.05) is 151 Å². The van der Waals surface area contributed by atoms with E-state index in [0.29, 0.717) is 13.1 Å². The number of hydrogen-bond acceptors (Lipinski definition) is 4. The molecule has 6 aromatic carbocycles. The van der Waals surface area contributed by atoms with Crippen molar-refractivity contribution in [2.24, 2.45) is 0 Å². The second-order valence-electron chi connectivity index (χ2n) is 18.4. The molecule has 0 spiro atoms. The Labute approximate surface area is 428 Å². The molecule has 6 rings (SSSR count). The molecule has 0 aromatic heterocycles. The number of rotatable bonds is 24. The number of nitrogens with zero attached hydrogens (tertiary/aromatic N) is 2. The summed E-state index contributed by atoms with van der Waals surface area (Å²) in [5, 5.41) is 18.7. The van der Waals surface area contributed by atoms with Crippen molar-refractivity contribution in [2.45, 2.75) is 131 Å². The molecule has 0 fully saturated rings. The predicted molar refractivity (Wildman–Crippen MR) is 292 cm³/mol. The number of halogens is 2. The summed E-state index contributed by atoms with van der Waals surface area (Å²) in [6, 6.07) is 41.9. The molecule has 2 N–H and O–H groups in total. The Morgan fingerprint density at radius 3 is 1.00 bits per heavy atom. The highest BCUT2D eigenvalue weighted by atomic mass is 19.1. The zero-order chi connectivity index (χ0) is 51.5. The van der Waals surface area contributed by atoms with Crippen LogP contribution in [0.3, 0.4) is 0 Å². The van der Waals surface area contributed by atoms with E-state index < -0.39 is 23.6 Å². The van der Waals surface area contributed by atoms with Crippen LogP contribution in [0.5, 0.6) is 0 Å². The quantitative estimate of drug-likeness (QED) is 0.0465. The van der Waals surface area contributed by atoms with Crippen molar-refractivity contribution in [3.05, 3.63) is 201 Å². The first kappa shape index (κ1) is 55.8. The van der Waals surface area contributed by atoms with E-state index in [-0.39, 0.29) is 11.1 Å². The number of unbranched alkanes of at least 4 members (excludes halogenated alkanes) is 8. The van der Waals surface area contributed by atoms with E-state index >= 15 is 0 Å². The molecule has 0 aliphatic carbocycles. The van der Waals surface area contributed by atoms with Crippen molar-refractivity contribution in [3.8, 4) is 23.7 Å². The van der Waals surface area contributed by atoms with E-state index in [2.05, 4.69) is 134 Å². The van der Waals surface area contributed by atoms with Crippen LogP contribution in [0.25, 0.3) is 0 Å². The second kappa shape index (κ2) is 30.5. The Morgan fingerprint density at radius 1 is 0.403 bits per heavy atom. The molecule has 0 saturated carbocycles. The molecule has 0 saturated heterocycles. The Balaban J connectivity index is 0.000000267. The number of carboxylic acids is 2. The van der Waals surface area contributed by atoms with Gasteiger partial charge in [0, 0.05) is 59.8 Å². The van der Waals surface area contributed by atoms with Gasteiger partial charge in [0.2, 0.25) is 0 Å². The van der Waals surface area contributed by atoms with Crippen LogP contribution in [0, 0.1) is 35.3 Å². The first-order valence-corrected chi connectivity index (χ1v) is 25.9. The minimum Gasteiger partial charge on any atom is -0.478 e. The highest BCUT2D eigenvalue weighted by Crippen LogP contribution is 2.25. The van der Waals surface area contributed by atoms with Crippen LogP contribution in [0.4, 0.5) is 20.2 Å². The van der Waals surface area contributed by atoms with Crippen molar-refractivity contribution < 1.29 is 28.6 Å². The lowest BCUT2D eigenvalue weighted by atomic mass is 10.1. The monoisotopic (exact) mass is 971 g/mol. The summed E-state index contributed by atoms with van der Waals surface area (Å²) in [7, 11) is 0. The van der Waals surface area contributed by atoms with Crippen LogP contribution in [0.2, 0.25) is 0 Å². The van der Waals surface area contributed by atoms with Gasteiger partial charge in [-0.05, 0) is 146 Å². The second-order valence-corrected chi connectivity index (χ2v) is 18.4. The first-order valence-electron chi connectivity index (χ1n) is 25.9. The van der Waals surface area contributed by atoms with E-state index in [1.165, 1.54) is 61.1 Å². The fourth-order valence-corrected chi connectivity index (χ4v) is 8.19. The average Bonchev–Trinajstić information content (AvgIpc) is 3.39. The Bertz CT molecular complexity index is 2540. The molecule has 0 amide bonds. The topological polar surface area (TPSA) is 81.1 Å². The lowest BCUT2D eigenvalue weighted by molar-refractivity contribution is 0.0680. The summed E-state index contributed by atoms with van der Waals surface area (Å²) in [6.45, 7) is 11.5. The molecule has 0 aliphatic heterocycles. The number of aryl methyl sites for hydroxylation is 2. The van der Waals surface area contributed by atoms with Gasteiger partial charge in [0.15, 0.2) is 0 Å². The maximum absolute atomic E-state index is 14.0. The van der Waals surface area contributed by atoms with Gasteiger partial charge in [0.1, 0.15) is 11.6 Å². The van der Waals surface area contributed by atoms with Gasteiger partial charge >= 0.3 is 11.9 Å². The smallest absolute Gasteiger partial charge is 0.338 e. The Kier molecular flexibility index (Phi) is 23.7. The average molecular weight is 971 g/mol. The van der Waals surface area contributed by atoms with Crippen molar-refractivity contribution in [1.82, 2.24) is 0 Å². The van der Waals surface area contributed by atoms with E-state index in [1.807, 2.05) is 24.3 Å². The fraction of sp³-hybridized carbons (Fsp3) is 0.344. The van der Waals surface area contributed by atoms with Crippen LogP contribution in [0.1, 0.15) is 170 Å². The third-order valence-electron chi connectivity index (χ3n) is 12.6. The zero-order valence-electron chi connectivity index (χ0n) is 42.8. The van der Waals surface area contributed by atoms with E-state index in [9.17, 15) is 28.6 Å². The molecule has 0 aliphatic rings. The molecule has 0 unspecified atom stereocenters. The van der Waals surface area contributed by atoms with Gasteiger partial charge in [0.05, 0.1) is 11.1 Å². The molecule has 0 radical (unpaired) electrons. The van der Waals surface area contributed by atoms with E-state index in [1.54, 1.807) is 12.1 Å². The minimum absolute atomic E-state index is 0.296. The van der Waals surface area contributed by atoms with Crippen molar-refractivity contribution in [1.29, 1.82) is 0 Å². The van der Waals surface area contributed by atoms with Crippen LogP contribution < -0.4 is 9.80 Å². The number of carboxylic acid groups (broad SMARTS) is 2. The zero-order valence-corrected chi connectivity index (χ0v) is 42.8. The normalized spacial score (nSPS) is 10.5. The predicted octanol–water partition coefficient (Wildman–Crippen LogP) is 15.7. The fourth-order valence-electron chi connectivity index (χ4n) is 8.19. The molecule has 0 bridgehead atoms. The summed E-state index contributed by atoms with van der Waals surface area (Å²) >= 11 is 0. The summed E-state index contributed by atoms with van der Waals surface area (Å²) in [6.07, 6.45) is 15.8. The molecule has 0 atom stereocenters. The Morgan fingerprint density at radius 2 is 0.708 bits per heavy atom. The van der Waals surface area contributed by atoms with Crippen LogP contribution in [0.15, 0.2) is 133 Å². The highest BCUT2D eigenvalue weighted by Gasteiger charge is 2.17. The SMILES string of the molecule is CCCCCCN(Cc1ccc(C#Cc2ccc(CCCC)cc2)cc1)c1ccc(F)c(C(=O)O)c1.CCCCCCN(Cc1ccc(C#Cc2ccc(CCCC)cc2)cc1)c1ccc(F)c(C(=O)O)c1. The van der Waals surface area contributed by atoms with E-state index in [4.69, 9.17) is 0 Å². The molecule has 8 heteroatoms. The van der Waals surface area contributed by atoms with Gasteiger partial charge in [-0.15, -0.1) is 0 Å². The molecular weight excluding hydrogens is 899 g/mol. The third kappa shape index (κ3) is 18.9. The van der Waals surface area contributed by atoms with Gasteiger partial charge in [-0.2, -0.15) is 0 Å². The standard InChI is InChI=1S/2C32H36FNO2/c2*1-3-5-7-8-22-34(29-20-21-31(33)30(23-29)32(35)36)24-28-18-16-27(17-19-28)15-14-26-12-10-25(11-13-26)9-6-4-2/h2*10-13,16-21,23H,3-9,22,24H2,1-2H3,(H,35,36). The molecule has 6 nitrogen and oxygen atoms in total. The molecule has 6 aromatic rings. The third-order valence-corrected chi connectivity index (χ3v) is 12.6. The molecular formula is C64H72F2N2O4. The molecule has 72 heavy (non-hydrogen) atoms. The summed E-state index contributed by atoms with van der Waals surface area (Å²) in [5.74, 6) is 9.03. The summed E-state index contributed by atoms with van der Waals surface area (Å²) in [4.78, 5) is 27.1. The maximum Gasteiger partial charge on any atom is 0.338 e. The maximum atomic E-state index is 14.0. The van der Waals surface area contributed by atoms with Crippen molar-refractivity contribution in [3.63, 3.8) is 0 Å². The number of benzene rings is 6. The van der Waals surface area contributed by atoms with Gasteiger partial charge in [-0.25, -0.2) is 18.4 Å². The molecule has 376 valence electrons. The first-order chi connectivity index (χ1) is 35.0. The number of aromatic carboxylic acids is 2. The Hall–Kier alpha value is -7.16. The largest absolute Gasteiger partial charge is 0.478 e. The van der Waals surface area contributed by atoms with Crippen molar-refractivity contribution >= 4 is 23.3 Å².